The molecular formula is C49H94N26O8. The first-order valence-corrected chi connectivity index (χ1v) is 27.3. The number of nitrogens with zero attached hydrogens (tertiary/aromatic N) is 8. The number of ketones is 7. The number of hydrogen-bond acceptors (Lipinski definition) is 17. The maximum absolute atomic E-state index is 15.6. The number of carbonyl (C=O) groups is 8. The number of primary amides is 1. The van der Waals surface area contributed by atoms with Crippen molar-refractivity contribution in [3.8, 4) is 0 Å². The third-order valence-corrected chi connectivity index (χ3v) is 13.0. The second-order valence-corrected chi connectivity index (χ2v) is 19.7. The topological polar surface area (TPSA) is 704 Å². The summed E-state index contributed by atoms with van der Waals surface area (Å²) < 4.78 is 0. The SMILES string of the molecule is NC(=O)[C@@H](CCCN=C(N)N)CC(=O)[C@@H](CCCN=C(N)N)C(=O)[C@@H](CCCN=C(N)N)C(=O)[C@@H](CCCN=C(N)N)C(=O)[C@@H](CCCN=C(N)N)C(=O)[C@@H](CCCN=C(N)N)C(=O)[C@@H](CCCN=C(N)N)C(=O)[C@H](N)CCCN=C(N)N. The van der Waals surface area contributed by atoms with E-state index in [9.17, 15) is 14.4 Å². The monoisotopic (exact) mass is 1170 g/mol. The summed E-state index contributed by atoms with van der Waals surface area (Å²) in [5.41, 5.74) is 101. The van der Waals surface area contributed by atoms with Crippen LogP contribution in [-0.2, 0) is 38.4 Å². The summed E-state index contributed by atoms with van der Waals surface area (Å²) in [6, 6.07) is -1.26. The minimum absolute atomic E-state index is 0.0208. The number of Topliss-reactive ketones (excluding diaryl/α,β-unsaturated/α-hetero) is 7. The average molecular weight is 1180 g/mol. The van der Waals surface area contributed by atoms with Crippen LogP contribution < -0.4 is 103 Å². The van der Waals surface area contributed by atoms with Crippen LogP contribution in [0.3, 0.4) is 0 Å². The Hall–Kier alpha value is -8.72. The van der Waals surface area contributed by atoms with Crippen molar-refractivity contribution in [2.24, 2.45) is 185 Å². The Labute approximate surface area is 483 Å². The molecule has 8 atom stereocenters. The smallest absolute Gasteiger partial charge is 0.220 e. The first kappa shape index (κ1) is 74.3. The zero-order chi connectivity index (χ0) is 63.2. The fraction of sp³-hybridized carbons (Fsp3) is 0.673. The lowest BCUT2D eigenvalue weighted by Gasteiger charge is -2.29. The van der Waals surface area contributed by atoms with Crippen LogP contribution in [0.4, 0.5) is 0 Å². The third kappa shape index (κ3) is 32.4. The number of amides is 1. The van der Waals surface area contributed by atoms with Crippen LogP contribution in [-0.4, -0.2) is 152 Å². The van der Waals surface area contributed by atoms with E-state index in [0.29, 0.717) is 0 Å². The van der Waals surface area contributed by atoms with Crippen LogP contribution in [0, 0.1) is 41.4 Å². The van der Waals surface area contributed by atoms with Gasteiger partial charge in [-0.1, -0.05) is 0 Å². The van der Waals surface area contributed by atoms with E-state index in [1.165, 1.54) is 0 Å². The van der Waals surface area contributed by atoms with E-state index in [1.807, 2.05) is 0 Å². The Kier molecular flexibility index (Phi) is 37.0. The average Bonchev–Trinajstić information content (AvgIpc) is 3.58. The standard InChI is InChI=1S/C49H94N26O8/c50-33(16-8-24-75-49(66)67)40(82)32(15-7-23-74-48(64)65)39(81)31(14-6-22-73-47(62)63)38(80)30(13-5-21-72-46(60)61)37(79)29(12-4-20-71-45(58)59)36(78)28(11-3-19-70-44(56)57)35(77)27(10-2-18-69-43(54)55)34(76)25-26(41(51)83)9-1-17-68-42(52)53/h26-33H,1-25,50H2,(H2,51,83)(H4,52,53,68)(H4,54,55,69)(H4,56,57,70)(H4,58,59,71)(H4,60,61,72)(H4,62,63,73)(H4,64,65,74)(H4,66,67,75)/t26-,27+,28+,29+,30+,31+,32+,33+/m0/s1. The molecule has 0 aliphatic heterocycles. The molecule has 0 unspecified atom stereocenters. The second-order valence-electron chi connectivity index (χ2n) is 19.7. The maximum atomic E-state index is 15.6. The van der Waals surface area contributed by atoms with Gasteiger partial charge in [-0.15, -0.1) is 0 Å². The second kappa shape index (κ2) is 41.3. The highest BCUT2D eigenvalue weighted by Gasteiger charge is 2.46. The van der Waals surface area contributed by atoms with Crippen LogP contribution in [0.25, 0.3) is 0 Å². The van der Waals surface area contributed by atoms with Gasteiger partial charge in [-0.2, -0.15) is 0 Å². The van der Waals surface area contributed by atoms with Crippen molar-refractivity contribution in [2.75, 3.05) is 52.4 Å². The van der Waals surface area contributed by atoms with Crippen molar-refractivity contribution in [1.29, 1.82) is 0 Å². The van der Waals surface area contributed by atoms with Gasteiger partial charge in [0.15, 0.2) is 82.4 Å². The first-order valence-electron chi connectivity index (χ1n) is 27.3. The molecule has 0 aromatic rings. The Morgan fingerprint density at radius 2 is 0.446 bits per heavy atom. The fourth-order valence-corrected chi connectivity index (χ4v) is 9.02. The van der Waals surface area contributed by atoms with E-state index in [4.69, 9.17) is 103 Å². The third-order valence-electron chi connectivity index (χ3n) is 13.0. The summed E-state index contributed by atoms with van der Waals surface area (Å²) in [6.07, 6.45) is -2.06. The molecule has 0 heterocycles. The van der Waals surface area contributed by atoms with Gasteiger partial charge in [-0.05, 0) is 103 Å². The minimum Gasteiger partial charge on any atom is -0.370 e. The van der Waals surface area contributed by atoms with Crippen molar-refractivity contribution >= 4 is 94.1 Å². The van der Waals surface area contributed by atoms with Crippen molar-refractivity contribution in [1.82, 2.24) is 0 Å². The Balaban J connectivity index is 8.40. The van der Waals surface area contributed by atoms with Gasteiger partial charge in [-0.3, -0.25) is 78.3 Å². The van der Waals surface area contributed by atoms with Gasteiger partial charge in [0.2, 0.25) is 5.91 Å². The van der Waals surface area contributed by atoms with Crippen molar-refractivity contribution in [2.45, 2.75) is 115 Å². The van der Waals surface area contributed by atoms with E-state index in [0.717, 1.165) is 0 Å². The van der Waals surface area contributed by atoms with Crippen LogP contribution in [0.15, 0.2) is 39.9 Å². The Morgan fingerprint density at radius 1 is 0.253 bits per heavy atom. The molecule has 0 aromatic carbocycles. The zero-order valence-corrected chi connectivity index (χ0v) is 47.5. The van der Waals surface area contributed by atoms with Gasteiger partial charge in [0, 0.05) is 64.7 Å². The molecule has 0 saturated heterocycles. The summed E-state index contributed by atoms with van der Waals surface area (Å²) in [5.74, 6) is -21.0. The molecule has 0 spiro atoms. The lowest BCUT2D eigenvalue weighted by molar-refractivity contribution is -0.145. The molecule has 468 valence electrons. The zero-order valence-electron chi connectivity index (χ0n) is 47.5. The van der Waals surface area contributed by atoms with E-state index < -0.39 is 100 Å². The maximum Gasteiger partial charge on any atom is 0.220 e. The molecular weight excluding hydrogens is 1080 g/mol. The number of rotatable bonds is 48. The highest BCUT2D eigenvalue weighted by Crippen LogP contribution is 2.32. The molecule has 0 bridgehead atoms. The Morgan fingerprint density at radius 3 is 0.675 bits per heavy atom. The van der Waals surface area contributed by atoms with E-state index in [2.05, 4.69) is 39.9 Å². The summed E-state index contributed by atoms with van der Waals surface area (Å²) in [5, 5.41) is 0. The van der Waals surface area contributed by atoms with Crippen LogP contribution in [0.2, 0.25) is 0 Å². The predicted octanol–water partition coefficient (Wildman–Crippen LogP) is -7.08. The lowest BCUT2D eigenvalue weighted by Crippen LogP contribution is -2.46. The van der Waals surface area contributed by atoms with E-state index in [1.54, 1.807) is 0 Å². The molecule has 0 fully saturated rings. The lowest BCUT2D eigenvalue weighted by atomic mass is 9.71. The molecule has 34 heteroatoms. The van der Waals surface area contributed by atoms with E-state index >= 15 is 24.0 Å². The van der Waals surface area contributed by atoms with Gasteiger partial charge in [-0.25, -0.2) is 0 Å². The molecule has 34 nitrogen and oxygen atoms in total. The summed E-state index contributed by atoms with van der Waals surface area (Å²) in [7, 11) is 0. The highest BCUT2D eigenvalue weighted by atomic mass is 16.2. The van der Waals surface area contributed by atoms with Gasteiger partial charge in [0.05, 0.1) is 41.5 Å². The van der Waals surface area contributed by atoms with Crippen molar-refractivity contribution in [3.63, 3.8) is 0 Å². The number of hydrogen-bond donors (Lipinski definition) is 18. The minimum atomic E-state index is -1.84. The quantitative estimate of drug-likeness (QED) is 0.0116. The molecule has 0 aromatic heterocycles. The molecule has 83 heavy (non-hydrogen) atoms. The van der Waals surface area contributed by atoms with Gasteiger partial charge in [0.1, 0.15) is 5.78 Å². The summed E-state index contributed by atoms with van der Waals surface area (Å²) in [4.78, 5) is 150. The normalized spacial score (nSPS) is 13.7. The van der Waals surface area contributed by atoms with Gasteiger partial charge in [0.25, 0.3) is 0 Å². The molecule has 1 amide bonds. The Bertz CT molecular complexity index is 2360. The fourth-order valence-electron chi connectivity index (χ4n) is 9.02. The van der Waals surface area contributed by atoms with Crippen molar-refractivity contribution < 1.29 is 38.4 Å². The van der Waals surface area contributed by atoms with Crippen LogP contribution in [0.1, 0.15) is 109 Å². The van der Waals surface area contributed by atoms with Gasteiger partial charge < -0.3 is 103 Å². The number of aliphatic imine (C=N–C) groups is 8. The number of nitrogens with two attached hydrogens (primary N) is 18. The largest absolute Gasteiger partial charge is 0.370 e. The molecule has 0 aliphatic carbocycles. The summed E-state index contributed by atoms with van der Waals surface area (Å²) in [6.45, 7) is -0.395. The van der Waals surface area contributed by atoms with E-state index in [-0.39, 0.29) is 203 Å². The first-order chi connectivity index (χ1) is 39.0. The molecule has 0 saturated carbocycles. The molecule has 0 aliphatic rings. The van der Waals surface area contributed by atoms with Gasteiger partial charge >= 0.3 is 0 Å². The highest BCUT2D eigenvalue weighted by molar-refractivity contribution is 6.22. The van der Waals surface area contributed by atoms with Crippen LogP contribution in [0.5, 0.6) is 0 Å². The van der Waals surface area contributed by atoms with Crippen molar-refractivity contribution in [3.05, 3.63) is 0 Å². The number of guanidine groups is 8. The summed E-state index contributed by atoms with van der Waals surface area (Å²) >= 11 is 0. The molecule has 0 rings (SSSR count). The molecule has 0 radical (unpaired) electrons. The predicted molar refractivity (Wildman–Crippen MR) is 321 cm³/mol. The van der Waals surface area contributed by atoms with Crippen LogP contribution >= 0.6 is 0 Å². The molecule has 36 N–H and O–H groups in total. The number of carbonyl (C=O) groups excluding carboxylic acids is 8.